The van der Waals surface area contributed by atoms with Crippen LogP contribution in [-0.2, 0) is 0 Å². The van der Waals surface area contributed by atoms with Crippen LogP contribution in [0.3, 0.4) is 0 Å². The molecule has 6 heteroatoms. The third-order valence-electron chi connectivity index (χ3n) is 2.18. The number of amides is 1. The van der Waals surface area contributed by atoms with Crippen LogP contribution in [-0.4, -0.2) is 10.9 Å². The average molecular weight is 313 g/mol. The third kappa shape index (κ3) is 2.53. The zero-order valence-corrected chi connectivity index (χ0v) is 10.5. The molecule has 0 bridgehead atoms. The molecule has 1 aromatic carbocycles. The molecule has 0 unspecified atom stereocenters. The van der Waals surface area contributed by atoms with Crippen LogP contribution in [0.1, 0.15) is 10.4 Å². The first-order valence-electron chi connectivity index (χ1n) is 4.95. The number of benzene rings is 1. The molecule has 1 aromatic heterocycles. The normalized spacial score (nSPS) is 10.2. The van der Waals surface area contributed by atoms with Crippen molar-refractivity contribution in [3.8, 4) is 0 Å². The van der Waals surface area contributed by atoms with Gasteiger partial charge in [0.15, 0.2) is 0 Å². The summed E-state index contributed by atoms with van der Waals surface area (Å²) in [7, 11) is 0. The second-order valence-corrected chi connectivity index (χ2v) is 4.24. The fraction of sp³-hybridized carbons (Fsp3) is 0. The van der Waals surface area contributed by atoms with E-state index in [-0.39, 0.29) is 5.82 Å². The number of carbonyl (C=O) groups is 1. The maximum atomic E-state index is 13.4. The van der Waals surface area contributed by atoms with Crippen molar-refractivity contribution in [2.24, 2.45) is 0 Å². The molecule has 18 heavy (non-hydrogen) atoms. The van der Waals surface area contributed by atoms with Crippen LogP contribution >= 0.6 is 15.9 Å². The van der Waals surface area contributed by atoms with Gasteiger partial charge in [-0.3, -0.25) is 4.79 Å². The van der Waals surface area contributed by atoms with Gasteiger partial charge in [-0.2, -0.15) is 0 Å². The number of hydrogen-bond donors (Lipinski definition) is 1. The highest BCUT2D eigenvalue weighted by atomic mass is 79.9. The minimum Gasteiger partial charge on any atom is -0.305 e. The molecule has 0 aliphatic rings. The van der Waals surface area contributed by atoms with E-state index in [0.29, 0.717) is 4.47 Å². The number of carbonyl (C=O) groups excluding carboxylic acids is 1. The average Bonchev–Trinajstić information content (AvgIpc) is 2.32. The molecule has 0 saturated heterocycles. The lowest BCUT2D eigenvalue weighted by atomic mass is 10.2. The number of pyridine rings is 1. The van der Waals surface area contributed by atoms with Crippen LogP contribution in [0.25, 0.3) is 0 Å². The van der Waals surface area contributed by atoms with Gasteiger partial charge in [0.25, 0.3) is 5.91 Å². The van der Waals surface area contributed by atoms with Gasteiger partial charge in [-0.1, -0.05) is 6.07 Å². The lowest BCUT2D eigenvalue weighted by Gasteiger charge is -2.07. The Bertz CT molecular complexity index is 584. The van der Waals surface area contributed by atoms with Crippen molar-refractivity contribution in [1.29, 1.82) is 0 Å². The maximum Gasteiger partial charge on any atom is 0.262 e. The van der Waals surface area contributed by atoms with E-state index in [4.69, 9.17) is 0 Å². The van der Waals surface area contributed by atoms with Gasteiger partial charge in [-0.05, 0) is 40.2 Å². The zero-order valence-electron chi connectivity index (χ0n) is 8.95. The molecule has 0 atom stereocenters. The summed E-state index contributed by atoms with van der Waals surface area (Å²) < 4.78 is 27.3. The summed E-state index contributed by atoms with van der Waals surface area (Å²) in [4.78, 5) is 15.6. The van der Waals surface area contributed by atoms with E-state index in [1.165, 1.54) is 12.3 Å². The second kappa shape index (κ2) is 5.22. The summed E-state index contributed by atoms with van der Waals surface area (Å²) in [5.74, 6) is -2.52. The number of nitrogens with one attached hydrogen (secondary N) is 1. The summed E-state index contributed by atoms with van der Waals surface area (Å²) in [5, 5.41) is 2.33. The molecule has 2 rings (SSSR count). The number of aromatic nitrogens is 1. The molecular formula is C12H7BrF2N2O. The first kappa shape index (κ1) is 12.6. The van der Waals surface area contributed by atoms with E-state index in [1.54, 1.807) is 12.1 Å². The molecule has 0 radical (unpaired) electrons. The van der Waals surface area contributed by atoms with E-state index in [9.17, 15) is 13.6 Å². The fourth-order valence-corrected chi connectivity index (χ4v) is 1.72. The predicted octanol–water partition coefficient (Wildman–Crippen LogP) is 3.37. The third-order valence-corrected chi connectivity index (χ3v) is 2.82. The van der Waals surface area contributed by atoms with Gasteiger partial charge in [0, 0.05) is 6.20 Å². The first-order chi connectivity index (χ1) is 8.59. The van der Waals surface area contributed by atoms with Crippen molar-refractivity contribution in [2.45, 2.75) is 0 Å². The van der Waals surface area contributed by atoms with Gasteiger partial charge in [-0.25, -0.2) is 13.8 Å². The van der Waals surface area contributed by atoms with Crippen molar-refractivity contribution in [3.63, 3.8) is 0 Å². The van der Waals surface area contributed by atoms with Crippen molar-refractivity contribution < 1.29 is 13.6 Å². The molecule has 92 valence electrons. The first-order valence-corrected chi connectivity index (χ1v) is 5.75. The molecule has 0 aliphatic carbocycles. The van der Waals surface area contributed by atoms with Crippen molar-refractivity contribution >= 4 is 27.7 Å². The number of nitrogens with zero attached hydrogens (tertiary/aromatic N) is 1. The Morgan fingerprint density at radius 3 is 2.44 bits per heavy atom. The van der Waals surface area contributed by atoms with E-state index in [2.05, 4.69) is 26.2 Å². The maximum absolute atomic E-state index is 13.4. The highest BCUT2D eigenvalue weighted by Crippen LogP contribution is 2.20. The van der Waals surface area contributed by atoms with Gasteiger partial charge < -0.3 is 5.32 Å². The van der Waals surface area contributed by atoms with E-state index in [0.717, 1.165) is 12.1 Å². The highest BCUT2D eigenvalue weighted by molar-refractivity contribution is 9.10. The SMILES string of the molecule is O=C(Nc1ncccc1Br)c1c(F)cccc1F. The zero-order chi connectivity index (χ0) is 13.1. The summed E-state index contributed by atoms with van der Waals surface area (Å²) >= 11 is 3.17. The lowest BCUT2D eigenvalue weighted by molar-refractivity contribution is 0.101. The van der Waals surface area contributed by atoms with Crippen molar-refractivity contribution in [2.75, 3.05) is 5.32 Å². The molecule has 3 nitrogen and oxygen atoms in total. The second-order valence-electron chi connectivity index (χ2n) is 3.38. The number of hydrogen-bond acceptors (Lipinski definition) is 2. The molecule has 0 spiro atoms. The minimum absolute atomic E-state index is 0.199. The van der Waals surface area contributed by atoms with E-state index in [1.807, 2.05) is 0 Å². The van der Waals surface area contributed by atoms with Crippen LogP contribution in [0.2, 0.25) is 0 Å². The van der Waals surface area contributed by atoms with Crippen molar-refractivity contribution in [3.05, 3.63) is 58.2 Å². The van der Waals surface area contributed by atoms with E-state index < -0.39 is 23.1 Å². The monoisotopic (exact) mass is 312 g/mol. The molecular weight excluding hydrogens is 306 g/mol. The van der Waals surface area contributed by atoms with Gasteiger partial charge in [0.1, 0.15) is 23.0 Å². The van der Waals surface area contributed by atoms with Crippen LogP contribution in [0.5, 0.6) is 0 Å². The summed E-state index contributed by atoms with van der Waals surface area (Å²) in [6.07, 6.45) is 1.46. The van der Waals surface area contributed by atoms with Gasteiger partial charge in [-0.15, -0.1) is 0 Å². The largest absolute Gasteiger partial charge is 0.305 e. The van der Waals surface area contributed by atoms with Crippen LogP contribution in [0.4, 0.5) is 14.6 Å². The van der Waals surface area contributed by atoms with Crippen LogP contribution < -0.4 is 5.32 Å². The molecule has 1 N–H and O–H groups in total. The van der Waals surface area contributed by atoms with Gasteiger partial charge in [0.2, 0.25) is 0 Å². The molecule has 0 fully saturated rings. The summed E-state index contributed by atoms with van der Waals surface area (Å²) in [5.41, 5.74) is -0.630. The fourth-order valence-electron chi connectivity index (χ4n) is 1.36. The molecule has 1 heterocycles. The van der Waals surface area contributed by atoms with Gasteiger partial charge >= 0.3 is 0 Å². The summed E-state index contributed by atoms with van der Waals surface area (Å²) in [6, 6.07) is 6.54. The Hall–Kier alpha value is -1.82. The highest BCUT2D eigenvalue weighted by Gasteiger charge is 2.18. The topological polar surface area (TPSA) is 42.0 Å². The molecule has 0 saturated carbocycles. The summed E-state index contributed by atoms with van der Waals surface area (Å²) in [6.45, 7) is 0. The molecule has 0 aliphatic heterocycles. The van der Waals surface area contributed by atoms with Crippen molar-refractivity contribution in [1.82, 2.24) is 4.98 Å². The minimum atomic E-state index is -0.917. The lowest BCUT2D eigenvalue weighted by Crippen LogP contribution is -2.16. The standard InChI is InChI=1S/C12H7BrF2N2O/c13-7-3-2-6-16-11(7)17-12(18)10-8(14)4-1-5-9(10)15/h1-6H,(H,16,17,18). The number of rotatable bonds is 2. The van der Waals surface area contributed by atoms with E-state index >= 15 is 0 Å². The number of halogens is 3. The predicted molar refractivity (Wildman–Crippen MR) is 66.2 cm³/mol. The number of anilines is 1. The Kier molecular flexibility index (Phi) is 3.66. The van der Waals surface area contributed by atoms with Gasteiger partial charge in [0.05, 0.1) is 4.47 Å². The Balaban J connectivity index is 2.31. The molecule has 2 aromatic rings. The van der Waals surface area contributed by atoms with Crippen LogP contribution in [0, 0.1) is 11.6 Å². The Morgan fingerprint density at radius 2 is 1.83 bits per heavy atom. The quantitative estimate of drug-likeness (QED) is 0.923. The smallest absolute Gasteiger partial charge is 0.262 e. The van der Waals surface area contributed by atoms with Crippen LogP contribution in [0.15, 0.2) is 41.0 Å². The molecule has 1 amide bonds. The Morgan fingerprint density at radius 1 is 1.17 bits per heavy atom. The Labute approximate surface area is 110 Å².